The summed E-state index contributed by atoms with van der Waals surface area (Å²) in [4.78, 5) is 0. The van der Waals surface area contributed by atoms with E-state index in [1.807, 2.05) is 0 Å². The van der Waals surface area contributed by atoms with E-state index in [0.29, 0.717) is 0 Å². The van der Waals surface area contributed by atoms with Crippen molar-refractivity contribution < 1.29 is 0 Å². The molecule has 0 aromatic carbocycles. The van der Waals surface area contributed by atoms with Crippen LogP contribution in [0.25, 0.3) is 0 Å². The average Bonchev–Trinajstić information content (AvgIpc) is 1.87. The number of hydrogen-bond donors (Lipinski definition) is 0. The average molecular weight is 140 g/mol. The smallest absolute Gasteiger partial charge is 0.0323 e. The van der Waals surface area contributed by atoms with Gasteiger partial charge in [0.15, 0.2) is 0 Å². The lowest BCUT2D eigenvalue weighted by Gasteiger charge is -2.03. The summed E-state index contributed by atoms with van der Waals surface area (Å²) in [6.45, 7) is 8.89. The second-order valence-electron chi connectivity index (χ2n) is 3.42. The fourth-order valence-electron chi connectivity index (χ4n) is 0.933. The fraction of sp³-hybridized carbons (Fsp3) is 0.800. The van der Waals surface area contributed by atoms with Gasteiger partial charge < -0.3 is 0 Å². The fourth-order valence-corrected chi connectivity index (χ4v) is 0.933. The van der Waals surface area contributed by atoms with E-state index in [0.717, 1.165) is 5.92 Å². The van der Waals surface area contributed by atoms with E-state index in [1.54, 1.807) is 0 Å². The summed E-state index contributed by atoms with van der Waals surface area (Å²) in [5.74, 6) is 0.865. The van der Waals surface area contributed by atoms with Crippen LogP contribution < -0.4 is 0 Å². The molecule has 0 bridgehead atoms. The lowest BCUT2D eigenvalue weighted by Crippen LogP contribution is -1.87. The Labute approximate surface area is 65.3 Å². The first kappa shape index (κ1) is 9.74. The van der Waals surface area contributed by atoms with Gasteiger partial charge in [0.25, 0.3) is 0 Å². The summed E-state index contributed by atoms with van der Waals surface area (Å²) in [5, 5.41) is 0. The maximum Gasteiger partial charge on any atom is -0.0323 e. The minimum absolute atomic E-state index is 0.865. The highest BCUT2D eigenvalue weighted by atomic mass is 14.0. The maximum atomic E-state index is 2.28. The standard InChI is InChI=1S/C10H20/c1-5-10(4)8-6-7-9(2)3/h5,9H,6-8H2,1-4H3/b10-5-. The summed E-state index contributed by atoms with van der Waals surface area (Å²) in [6.07, 6.45) is 6.22. The molecule has 0 aromatic heterocycles. The molecule has 0 atom stereocenters. The summed E-state index contributed by atoms with van der Waals surface area (Å²) in [6, 6.07) is 0. The molecule has 0 unspecified atom stereocenters. The van der Waals surface area contributed by atoms with Crippen molar-refractivity contribution in [3.05, 3.63) is 11.6 Å². The van der Waals surface area contributed by atoms with Crippen LogP contribution in [0.4, 0.5) is 0 Å². The van der Waals surface area contributed by atoms with Gasteiger partial charge in [-0.15, -0.1) is 0 Å². The SMILES string of the molecule is C/C=C(/C)CCCC(C)C. The van der Waals surface area contributed by atoms with Crippen LogP contribution in [0, 0.1) is 5.92 Å². The minimum atomic E-state index is 0.865. The van der Waals surface area contributed by atoms with E-state index in [-0.39, 0.29) is 0 Å². The molecule has 60 valence electrons. The monoisotopic (exact) mass is 140 g/mol. The molecule has 0 nitrogen and oxygen atoms in total. The van der Waals surface area contributed by atoms with Crippen molar-refractivity contribution in [3.63, 3.8) is 0 Å². The molecule has 0 aromatic rings. The zero-order chi connectivity index (χ0) is 7.98. The van der Waals surface area contributed by atoms with Crippen LogP contribution in [0.2, 0.25) is 0 Å². The zero-order valence-corrected chi connectivity index (χ0v) is 7.78. The molecule has 0 amide bonds. The Morgan fingerprint density at radius 1 is 1.40 bits per heavy atom. The molecule has 0 heteroatoms. The van der Waals surface area contributed by atoms with Crippen molar-refractivity contribution in [1.82, 2.24) is 0 Å². The van der Waals surface area contributed by atoms with Crippen molar-refractivity contribution in [1.29, 1.82) is 0 Å². The molecule has 0 fully saturated rings. The third-order valence-electron chi connectivity index (χ3n) is 1.85. The Morgan fingerprint density at radius 3 is 2.40 bits per heavy atom. The van der Waals surface area contributed by atoms with Gasteiger partial charge in [0.2, 0.25) is 0 Å². The van der Waals surface area contributed by atoms with Crippen molar-refractivity contribution in [2.24, 2.45) is 5.92 Å². The van der Waals surface area contributed by atoms with Crippen LogP contribution in [-0.4, -0.2) is 0 Å². The number of allylic oxidation sites excluding steroid dienone is 2. The van der Waals surface area contributed by atoms with Crippen molar-refractivity contribution in [2.45, 2.75) is 47.0 Å². The Morgan fingerprint density at radius 2 is 2.00 bits per heavy atom. The summed E-state index contributed by atoms with van der Waals surface area (Å²) in [7, 11) is 0. The van der Waals surface area contributed by atoms with Gasteiger partial charge in [-0.25, -0.2) is 0 Å². The molecule has 0 N–H and O–H groups in total. The molecule has 0 aliphatic heterocycles. The molecule has 0 aliphatic carbocycles. The summed E-state index contributed by atoms with van der Waals surface area (Å²) in [5.41, 5.74) is 1.53. The van der Waals surface area contributed by atoms with Crippen LogP contribution >= 0.6 is 0 Å². The van der Waals surface area contributed by atoms with Gasteiger partial charge in [-0.2, -0.15) is 0 Å². The predicted molar refractivity (Wildman–Crippen MR) is 48.1 cm³/mol. The lowest BCUT2D eigenvalue weighted by molar-refractivity contribution is 0.554. The van der Waals surface area contributed by atoms with Crippen molar-refractivity contribution >= 4 is 0 Å². The van der Waals surface area contributed by atoms with E-state index in [4.69, 9.17) is 0 Å². The van der Waals surface area contributed by atoms with E-state index < -0.39 is 0 Å². The molecular formula is C10H20. The van der Waals surface area contributed by atoms with Gasteiger partial charge in [-0.3, -0.25) is 0 Å². The van der Waals surface area contributed by atoms with E-state index in [9.17, 15) is 0 Å². The van der Waals surface area contributed by atoms with Crippen molar-refractivity contribution in [3.8, 4) is 0 Å². The molecule has 10 heavy (non-hydrogen) atoms. The highest BCUT2D eigenvalue weighted by molar-refractivity contribution is 4.94. The third-order valence-corrected chi connectivity index (χ3v) is 1.85. The van der Waals surface area contributed by atoms with E-state index in [1.165, 1.54) is 24.8 Å². The Bertz CT molecular complexity index is 98.6. The molecule has 0 radical (unpaired) electrons. The van der Waals surface area contributed by atoms with Gasteiger partial charge in [0, 0.05) is 0 Å². The first-order chi connectivity index (χ1) is 4.66. The van der Waals surface area contributed by atoms with Gasteiger partial charge in [-0.05, 0) is 32.6 Å². The van der Waals surface area contributed by atoms with Gasteiger partial charge in [0.1, 0.15) is 0 Å². The number of rotatable bonds is 4. The van der Waals surface area contributed by atoms with Crippen LogP contribution in [0.3, 0.4) is 0 Å². The predicted octanol–water partition coefficient (Wildman–Crippen LogP) is 3.78. The minimum Gasteiger partial charge on any atom is -0.0887 e. The lowest BCUT2D eigenvalue weighted by atomic mass is 10.0. The highest BCUT2D eigenvalue weighted by Gasteiger charge is 1.93. The largest absolute Gasteiger partial charge is 0.0887 e. The Balaban J connectivity index is 3.20. The van der Waals surface area contributed by atoms with Gasteiger partial charge >= 0.3 is 0 Å². The van der Waals surface area contributed by atoms with Crippen molar-refractivity contribution in [2.75, 3.05) is 0 Å². The molecular weight excluding hydrogens is 120 g/mol. The zero-order valence-electron chi connectivity index (χ0n) is 7.78. The van der Waals surface area contributed by atoms with Crippen LogP contribution in [0.5, 0.6) is 0 Å². The van der Waals surface area contributed by atoms with Gasteiger partial charge in [0.05, 0.1) is 0 Å². The maximum absolute atomic E-state index is 2.28. The first-order valence-corrected chi connectivity index (χ1v) is 4.28. The number of hydrogen-bond acceptors (Lipinski definition) is 0. The Hall–Kier alpha value is -0.260. The molecule has 0 saturated carbocycles. The quantitative estimate of drug-likeness (QED) is 0.521. The van der Waals surface area contributed by atoms with Crippen LogP contribution in [0.15, 0.2) is 11.6 Å². The molecule has 0 aliphatic rings. The second kappa shape index (κ2) is 5.52. The topological polar surface area (TPSA) is 0 Å². The van der Waals surface area contributed by atoms with Crippen LogP contribution in [-0.2, 0) is 0 Å². The van der Waals surface area contributed by atoms with E-state index >= 15 is 0 Å². The highest BCUT2D eigenvalue weighted by Crippen LogP contribution is 2.10. The van der Waals surface area contributed by atoms with Gasteiger partial charge in [-0.1, -0.05) is 31.9 Å². The molecule has 0 heterocycles. The Kier molecular flexibility index (Phi) is 5.38. The summed E-state index contributed by atoms with van der Waals surface area (Å²) < 4.78 is 0. The normalized spacial score (nSPS) is 12.7. The van der Waals surface area contributed by atoms with E-state index in [2.05, 4.69) is 33.8 Å². The summed E-state index contributed by atoms with van der Waals surface area (Å²) >= 11 is 0. The first-order valence-electron chi connectivity index (χ1n) is 4.28. The molecule has 0 saturated heterocycles. The molecule has 0 rings (SSSR count). The molecule has 0 spiro atoms. The second-order valence-corrected chi connectivity index (χ2v) is 3.42. The van der Waals surface area contributed by atoms with Crippen LogP contribution in [0.1, 0.15) is 47.0 Å². The third kappa shape index (κ3) is 5.87.